The molecule has 1 aromatic heterocycles. The fraction of sp³-hybridized carbons (Fsp3) is 0.200. The third-order valence-corrected chi connectivity index (χ3v) is 2.46. The molecular weight excluding hydrogens is 207 g/mol. The topological polar surface area (TPSA) is 13.1 Å². The van der Waals surface area contributed by atoms with E-state index in [2.05, 4.69) is 0 Å². The Labute approximate surface area is 86.2 Å². The van der Waals surface area contributed by atoms with Crippen LogP contribution in [0.3, 0.4) is 0 Å². The predicted molar refractivity (Wildman–Crippen MR) is 55.5 cm³/mol. The number of halogens is 2. The number of fused-ring (bicyclic) bond motifs is 1. The monoisotopic (exact) mass is 214 g/mol. The lowest BCUT2D eigenvalue weighted by molar-refractivity contribution is 0.610. The van der Waals surface area contributed by atoms with E-state index in [1.54, 1.807) is 12.3 Å². The molecule has 3 heteroatoms. The lowest BCUT2D eigenvalue weighted by atomic mass is 10.1. The molecule has 0 aliphatic carbocycles. The Kier molecular flexibility index (Phi) is 2.22. The van der Waals surface area contributed by atoms with E-state index in [9.17, 15) is 0 Å². The smallest absolute Gasteiger partial charge is 0.134 e. The normalized spacial score (nSPS) is 13.5. The maximum atomic E-state index is 5.97. The van der Waals surface area contributed by atoms with Crippen molar-refractivity contribution in [2.24, 2.45) is 0 Å². The van der Waals surface area contributed by atoms with Gasteiger partial charge in [0.25, 0.3) is 0 Å². The quantitative estimate of drug-likeness (QED) is 0.643. The second-order valence-electron chi connectivity index (χ2n) is 2.95. The van der Waals surface area contributed by atoms with Crippen LogP contribution in [0.5, 0.6) is 0 Å². The average Bonchev–Trinajstić information content (AvgIpc) is 2.46. The van der Waals surface area contributed by atoms with Gasteiger partial charge in [-0.3, -0.25) is 0 Å². The van der Waals surface area contributed by atoms with E-state index < -0.39 is 0 Å². The van der Waals surface area contributed by atoms with Gasteiger partial charge in [0.05, 0.1) is 11.6 Å². The van der Waals surface area contributed by atoms with E-state index in [1.807, 2.05) is 19.1 Å². The zero-order valence-electron chi connectivity index (χ0n) is 7.05. The summed E-state index contributed by atoms with van der Waals surface area (Å²) in [7, 11) is 0. The van der Waals surface area contributed by atoms with Crippen LogP contribution in [0.4, 0.5) is 0 Å². The molecule has 0 amide bonds. The van der Waals surface area contributed by atoms with E-state index >= 15 is 0 Å². The molecule has 0 fully saturated rings. The Morgan fingerprint density at radius 2 is 2.15 bits per heavy atom. The zero-order chi connectivity index (χ0) is 9.42. The maximum absolute atomic E-state index is 5.97. The number of hydrogen-bond acceptors (Lipinski definition) is 1. The van der Waals surface area contributed by atoms with Crippen LogP contribution in [-0.2, 0) is 0 Å². The van der Waals surface area contributed by atoms with Crippen molar-refractivity contribution in [3.8, 4) is 0 Å². The van der Waals surface area contributed by atoms with Crippen LogP contribution < -0.4 is 0 Å². The third-order valence-electron chi connectivity index (χ3n) is 1.99. The molecule has 68 valence electrons. The zero-order valence-corrected chi connectivity index (χ0v) is 8.56. The molecule has 1 nitrogen and oxygen atoms in total. The van der Waals surface area contributed by atoms with Crippen molar-refractivity contribution in [2.45, 2.75) is 12.3 Å². The lowest BCUT2D eigenvalue weighted by Gasteiger charge is -1.98. The van der Waals surface area contributed by atoms with Crippen LogP contribution in [0.1, 0.15) is 17.9 Å². The molecule has 0 saturated heterocycles. The summed E-state index contributed by atoms with van der Waals surface area (Å²) in [6, 6.07) is 5.52. The van der Waals surface area contributed by atoms with Gasteiger partial charge in [0, 0.05) is 16.0 Å². The highest BCUT2D eigenvalue weighted by atomic mass is 35.5. The molecule has 0 bridgehead atoms. The second kappa shape index (κ2) is 3.24. The van der Waals surface area contributed by atoms with Crippen LogP contribution >= 0.6 is 23.2 Å². The molecule has 2 aromatic rings. The summed E-state index contributed by atoms with van der Waals surface area (Å²) in [4.78, 5) is 0. The Balaban J connectivity index is 2.71. The van der Waals surface area contributed by atoms with Crippen molar-refractivity contribution in [1.82, 2.24) is 0 Å². The molecule has 0 radical (unpaired) electrons. The molecule has 0 saturated carbocycles. The van der Waals surface area contributed by atoms with Crippen molar-refractivity contribution < 1.29 is 4.42 Å². The molecule has 1 unspecified atom stereocenters. The summed E-state index contributed by atoms with van der Waals surface area (Å²) in [6.45, 7) is 1.91. The van der Waals surface area contributed by atoms with E-state index in [-0.39, 0.29) is 5.38 Å². The van der Waals surface area contributed by atoms with Gasteiger partial charge in [-0.25, -0.2) is 0 Å². The van der Waals surface area contributed by atoms with Crippen LogP contribution in [-0.4, -0.2) is 0 Å². The summed E-state index contributed by atoms with van der Waals surface area (Å²) >= 11 is 11.8. The highest BCUT2D eigenvalue weighted by molar-refractivity contribution is 6.31. The summed E-state index contributed by atoms with van der Waals surface area (Å²) in [5.74, 6) is 0. The van der Waals surface area contributed by atoms with Gasteiger partial charge < -0.3 is 4.42 Å². The first-order valence-electron chi connectivity index (χ1n) is 3.99. The van der Waals surface area contributed by atoms with Gasteiger partial charge >= 0.3 is 0 Å². The number of hydrogen-bond donors (Lipinski definition) is 0. The van der Waals surface area contributed by atoms with Crippen molar-refractivity contribution in [3.05, 3.63) is 35.0 Å². The standard InChI is InChI=1S/C10H8Cl2O/c1-6(11)9-5-13-10-3-2-7(12)4-8(9)10/h2-6H,1H3. The molecular formula is C10H8Cl2O. The second-order valence-corrected chi connectivity index (χ2v) is 4.04. The van der Waals surface area contributed by atoms with Crippen LogP contribution in [0.25, 0.3) is 11.0 Å². The van der Waals surface area contributed by atoms with Crippen molar-refractivity contribution >= 4 is 34.2 Å². The number of alkyl halides is 1. The van der Waals surface area contributed by atoms with Gasteiger partial charge in [0.2, 0.25) is 0 Å². The first kappa shape index (κ1) is 8.92. The average molecular weight is 215 g/mol. The number of benzene rings is 1. The summed E-state index contributed by atoms with van der Waals surface area (Å²) in [6.07, 6.45) is 1.68. The molecule has 0 N–H and O–H groups in total. The van der Waals surface area contributed by atoms with Gasteiger partial charge in [-0.1, -0.05) is 11.6 Å². The largest absolute Gasteiger partial charge is 0.464 e. The highest BCUT2D eigenvalue weighted by Gasteiger charge is 2.10. The van der Waals surface area contributed by atoms with E-state index in [0.29, 0.717) is 5.02 Å². The van der Waals surface area contributed by atoms with Gasteiger partial charge in [0.1, 0.15) is 5.58 Å². The Morgan fingerprint density at radius 1 is 1.38 bits per heavy atom. The molecule has 13 heavy (non-hydrogen) atoms. The van der Waals surface area contributed by atoms with E-state index in [4.69, 9.17) is 27.6 Å². The molecule has 2 rings (SSSR count). The molecule has 0 aliphatic rings. The maximum Gasteiger partial charge on any atom is 0.134 e. The molecule has 0 aliphatic heterocycles. The summed E-state index contributed by atoms with van der Waals surface area (Å²) in [5.41, 5.74) is 1.81. The highest BCUT2D eigenvalue weighted by Crippen LogP contribution is 2.31. The summed E-state index contributed by atoms with van der Waals surface area (Å²) in [5, 5.41) is 1.64. The van der Waals surface area contributed by atoms with Crippen molar-refractivity contribution in [1.29, 1.82) is 0 Å². The van der Waals surface area contributed by atoms with E-state index in [1.165, 1.54) is 0 Å². The Morgan fingerprint density at radius 3 is 2.85 bits per heavy atom. The minimum Gasteiger partial charge on any atom is -0.464 e. The van der Waals surface area contributed by atoms with Crippen LogP contribution in [0.15, 0.2) is 28.9 Å². The lowest BCUT2D eigenvalue weighted by Crippen LogP contribution is -1.79. The first-order chi connectivity index (χ1) is 6.18. The first-order valence-corrected chi connectivity index (χ1v) is 4.80. The van der Waals surface area contributed by atoms with Gasteiger partial charge in [-0.15, -0.1) is 11.6 Å². The van der Waals surface area contributed by atoms with Gasteiger partial charge in [-0.05, 0) is 25.1 Å². The van der Waals surface area contributed by atoms with Crippen LogP contribution in [0, 0.1) is 0 Å². The van der Waals surface area contributed by atoms with Gasteiger partial charge in [-0.2, -0.15) is 0 Å². The van der Waals surface area contributed by atoms with Crippen LogP contribution in [0.2, 0.25) is 5.02 Å². The molecule has 1 aromatic carbocycles. The van der Waals surface area contributed by atoms with Gasteiger partial charge in [0.15, 0.2) is 0 Å². The van der Waals surface area contributed by atoms with E-state index in [0.717, 1.165) is 16.5 Å². The number of furan rings is 1. The van der Waals surface area contributed by atoms with Crippen molar-refractivity contribution in [2.75, 3.05) is 0 Å². The van der Waals surface area contributed by atoms with Crippen molar-refractivity contribution in [3.63, 3.8) is 0 Å². The SMILES string of the molecule is CC(Cl)c1coc2ccc(Cl)cc12. The Hall–Kier alpha value is -0.660. The molecule has 1 heterocycles. The minimum atomic E-state index is -0.0558. The summed E-state index contributed by atoms with van der Waals surface area (Å²) < 4.78 is 5.32. The minimum absolute atomic E-state index is 0.0558. The predicted octanol–water partition coefficient (Wildman–Crippen LogP) is 4.39. The molecule has 0 spiro atoms. The number of rotatable bonds is 1. The molecule has 1 atom stereocenters. The third kappa shape index (κ3) is 1.54. The fourth-order valence-corrected chi connectivity index (χ4v) is 1.67. The fourth-order valence-electron chi connectivity index (χ4n) is 1.33. The Bertz CT molecular complexity index is 431.